The van der Waals surface area contributed by atoms with E-state index in [-0.39, 0.29) is 18.1 Å². The van der Waals surface area contributed by atoms with E-state index in [1.54, 1.807) is 28.0 Å². The van der Waals surface area contributed by atoms with Crippen LogP contribution in [0, 0.1) is 6.92 Å². The van der Waals surface area contributed by atoms with Gasteiger partial charge >= 0.3 is 0 Å². The maximum Gasteiger partial charge on any atom is 0.277 e. The molecule has 0 unspecified atom stereocenters. The topological polar surface area (TPSA) is 120 Å². The summed E-state index contributed by atoms with van der Waals surface area (Å²) in [5.74, 6) is 0.0602. The van der Waals surface area contributed by atoms with Crippen LogP contribution in [-0.2, 0) is 22.6 Å². The summed E-state index contributed by atoms with van der Waals surface area (Å²) >= 11 is 0. The zero-order valence-electron chi connectivity index (χ0n) is 15.9. The van der Waals surface area contributed by atoms with Crippen LogP contribution in [0.2, 0.25) is 0 Å². The largest absolute Gasteiger partial charge is 0.378 e. The van der Waals surface area contributed by atoms with Crippen molar-refractivity contribution in [2.75, 3.05) is 31.6 Å². The van der Waals surface area contributed by atoms with Gasteiger partial charge in [-0.1, -0.05) is 5.16 Å². The molecule has 2 amide bonds. The summed E-state index contributed by atoms with van der Waals surface area (Å²) in [5, 5.41) is 14.8. The second-order valence-corrected chi connectivity index (χ2v) is 6.77. The van der Waals surface area contributed by atoms with Crippen LogP contribution < -0.4 is 5.32 Å². The number of nitrogens with one attached hydrogen (secondary N) is 1. The van der Waals surface area contributed by atoms with Crippen molar-refractivity contribution < 1.29 is 18.8 Å². The Morgan fingerprint density at radius 1 is 1.14 bits per heavy atom. The molecule has 1 N–H and O–H groups in total. The summed E-state index contributed by atoms with van der Waals surface area (Å²) in [6, 6.07) is 1.57. The Hall–Kier alpha value is -3.47. The highest BCUT2D eigenvalue weighted by molar-refractivity contribution is 6.02. The van der Waals surface area contributed by atoms with Crippen LogP contribution in [0.1, 0.15) is 21.8 Å². The van der Waals surface area contributed by atoms with Crippen LogP contribution >= 0.6 is 0 Å². The Kier molecular flexibility index (Phi) is 5.38. The average molecular weight is 399 g/mol. The first kappa shape index (κ1) is 18.9. The molecule has 1 aliphatic heterocycles. The Morgan fingerprint density at radius 3 is 2.69 bits per heavy atom. The molecule has 1 fully saturated rings. The molecule has 4 rings (SSSR count). The molecule has 0 aliphatic carbocycles. The van der Waals surface area contributed by atoms with Gasteiger partial charge < -0.3 is 19.5 Å². The minimum atomic E-state index is -0.421. The van der Waals surface area contributed by atoms with E-state index in [0.717, 1.165) is 5.56 Å². The van der Waals surface area contributed by atoms with E-state index in [1.165, 1.54) is 10.9 Å². The van der Waals surface area contributed by atoms with Gasteiger partial charge in [0.25, 0.3) is 5.91 Å². The first-order valence-corrected chi connectivity index (χ1v) is 9.21. The molecule has 152 valence electrons. The van der Waals surface area contributed by atoms with Gasteiger partial charge in [-0.25, -0.2) is 0 Å². The molecule has 0 atom stereocenters. The van der Waals surface area contributed by atoms with Crippen molar-refractivity contribution in [1.82, 2.24) is 29.6 Å². The number of nitrogens with zero attached hydrogens (tertiary/aromatic N) is 6. The molecule has 4 heterocycles. The highest BCUT2D eigenvalue weighted by atomic mass is 16.5. The monoisotopic (exact) mass is 399 g/mol. The molecule has 11 nitrogen and oxygen atoms in total. The number of ether oxygens (including phenoxy) is 1. The second-order valence-electron chi connectivity index (χ2n) is 6.77. The quantitative estimate of drug-likeness (QED) is 0.642. The zero-order valence-corrected chi connectivity index (χ0v) is 15.9. The van der Waals surface area contributed by atoms with Crippen molar-refractivity contribution >= 4 is 17.5 Å². The lowest BCUT2D eigenvalue weighted by atomic mass is 10.3. The molecule has 11 heteroatoms. The molecule has 1 saturated heterocycles. The lowest BCUT2D eigenvalue weighted by molar-refractivity contribution is -0.136. The fourth-order valence-corrected chi connectivity index (χ4v) is 2.97. The van der Waals surface area contributed by atoms with Gasteiger partial charge in [0.2, 0.25) is 5.91 Å². The number of aromatic nitrogens is 5. The van der Waals surface area contributed by atoms with Gasteiger partial charge in [-0.2, -0.15) is 10.2 Å². The van der Waals surface area contributed by atoms with E-state index in [2.05, 4.69) is 20.7 Å². The van der Waals surface area contributed by atoms with E-state index >= 15 is 0 Å². The predicted molar refractivity (Wildman–Crippen MR) is 100 cm³/mol. The second kappa shape index (κ2) is 8.27. The molecule has 3 aromatic rings. The van der Waals surface area contributed by atoms with Crippen LogP contribution in [0.3, 0.4) is 0 Å². The number of carbonyl (C=O) groups excluding carboxylic acids is 2. The van der Waals surface area contributed by atoms with Gasteiger partial charge in [0.1, 0.15) is 13.1 Å². The molecule has 1 aliphatic rings. The van der Waals surface area contributed by atoms with Crippen molar-refractivity contribution in [1.29, 1.82) is 0 Å². The number of amides is 2. The lowest BCUT2D eigenvalue weighted by Crippen LogP contribution is -2.42. The Labute approximate surface area is 166 Å². The zero-order chi connectivity index (χ0) is 20.2. The smallest absolute Gasteiger partial charge is 0.277 e. The lowest BCUT2D eigenvalue weighted by Gasteiger charge is -2.26. The number of carbonyl (C=O) groups is 2. The van der Waals surface area contributed by atoms with Gasteiger partial charge in [-0.05, 0) is 12.5 Å². The molecule has 3 aromatic heterocycles. The molecule has 0 bridgehead atoms. The molecule has 29 heavy (non-hydrogen) atoms. The van der Waals surface area contributed by atoms with E-state index in [9.17, 15) is 9.59 Å². The molecular formula is C18H21N7O4. The Bertz CT molecular complexity index is 999. The number of morpholine rings is 1. The number of rotatable bonds is 6. The molecular weight excluding hydrogens is 378 g/mol. The van der Waals surface area contributed by atoms with Gasteiger partial charge in [0.05, 0.1) is 31.3 Å². The van der Waals surface area contributed by atoms with Crippen molar-refractivity contribution in [3.05, 3.63) is 47.9 Å². The van der Waals surface area contributed by atoms with Gasteiger partial charge in [0, 0.05) is 31.5 Å². The highest BCUT2D eigenvalue weighted by Gasteiger charge is 2.18. The number of hydrogen-bond acceptors (Lipinski definition) is 7. The van der Waals surface area contributed by atoms with E-state index in [1.807, 2.05) is 13.1 Å². The van der Waals surface area contributed by atoms with E-state index in [4.69, 9.17) is 9.26 Å². The van der Waals surface area contributed by atoms with Gasteiger partial charge in [-0.15, -0.1) is 0 Å². The SMILES string of the molecule is Cc1cnn(Cc2cc(C(=O)Nc3cnn(CC(=O)N4CCOCC4)c3)no2)c1. The maximum absolute atomic E-state index is 12.4. The van der Waals surface area contributed by atoms with Crippen LogP contribution in [0.15, 0.2) is 35.4 Å². The molecule has 0 radical (unpaired) electrons. The number of hydrogen-bond donors (Lipinski definition) is 1. The summed E-state index contributed by atoms with van der Waals surface area (Å²) in [6.45, 7) is 4.69. The maximum atomic E-state index is 12.4. The Morgan fingerprint density at radius 2 is 1.93 bits per heavy atom. The predicted octanol–water partition coefficient (Wildman–Crippen LogP) is 0.535. The summed E-state index contributed by atoms with van der Waals surface area (Å²) in [5.41, 5.74) is 1.66. The van der Waals surface area contributed by atoms with Crippen molar-refractivity contribution in [2.45, 2.75) is 20.0 Å². The summed E-state index contributed by atoms with van der Waals surface area (Å²) in [4.78, 5) is 26.4. The third-order valence-electron chi connectivity index (χ3n) is 4.42. The third kappa shape index (κ3) is 4.69. The average Bonchev–Trinajstić information content (AvgIpc) is 3.45. The standard InChI is InChI=1S/C18H21N7O4/c1-13-7-19-24(9-13)11-15-6-16(22-29-15)18(27)21-14-8-20-25(10-14)12-17(26)23-2-4-28-5-3-23/h6-10H,2-5,11-12H2,1H3,(H,21,27). The molecule has 0 aromatic carbocycles. The summed E-state index contributed by atoms with van der Waals surface area (Å²) in [6.07, 6.45) is 6.70. The summed E-state index contributed by atoms with van der Waals surface area (Å²) in [7, 11) is 0. The molecule has 0 saturated carbocycles. The minimum absolute atomic E-state index is 0.0377. The first-order chi connectivity index (χ1) is 14.1. The van der Waals surface area contributed by atoms with Crippen molar-refractivity contribution in [3.8, 4) is 0 Å². The fourth-order valence-electron chi connectivity index (χ4n) is 2.97. The van der Waals surface area contributed by atoms with Gasteiger partial charge in [-0.3, -0.25) is 19.0 Å². The normalized spacial score (nSPS) is 14.2. The van der Waals surface area contributed by atoms with Crippen LogP contribution in [0.5, 0.6) is 0 Å². The summed E-state index contributed by atoms with van der Waals surface area (Å²) < 4.78 is 13.6. The number of anilines is 1. The van der Waals surface area contributed by atoms with Crippen LogP contribution in [0.4, 0.5) is 5.69 Å². The highest BCUT2D eigenvalue weighted by Crippen LogP contribution is 2.11. The Balaban J connectivity index is 1.32. The minimum Gasteiger partial charge on any atom is -0.378 e. The van der Waals surface area contributed by atoms with Crippen molar-refractivity contribution in [2.24, 2.45) is 0 Å². The molecule has 0 spiro atoms. The van der Waals surface area contributed by atoms with E-state index < -0.39 is 5.91 Å². The van der Waals surface area contributed by atoms with Crippen LogP contribution in [0.25, 0.3) is 0 Å². The number of aryl methyl sites for hydroxylation is 1. The van der Waals surface area contributed by atoms with Crippen LogP contribution in [-0.4, -0.2) is 67.7 Å². The van der Waals surface area contributed by atoms with Crippen molar-refractivity contribution in [3.63, 3.8) is 0 Å². The van der Waals surface area contributed by atoms with E-state index in [0.29, 0.717) is 44.3 Å². The fraction of sp³-hybridized carbons (Fsp3) is 0.389. The first-order valence-electron chi connectivity index (χ1n) is 9.21. The third-order valence-corrected chi connectivity index (χ3v) is 4.42. The van der Waals surface area contributed by atoms with Gasteiger partial charge in [0.15, 0.2) is 11.5 Å².